The van der Waals surface area contributed by atoms with Crippen LogP contribution in [0.15, 0.2) is 30.3 Å². The first-order valence-electron chi connectivity index (χ1n) is 12.7. The number of rotatable bonds is 15. The lowest BCUT2D eigenvalue weighted by Gasteiger charge is -2.22. The number of carbonyl (C=O) groups excluding carboxylic acids is 6. The third-order valence-electron chi connectivity index (χ3n) is 5.20. The molecule has 1 aromatic rings. The molecule has 2 atom stereocenters. The molecular weight excluding hydrogens is 524 g/mol. The molecule has 0 aromatic heterocycles. The highest BCUT2D eigenvalue weighted by atomic mass is 16.5. The largest absolute Gasteiger partial charge is 0.481 e. The van der Waals surface area contributed by atoms with E-state index in [1.165, 1.54) is 6.92 Å². The van der Waals surface area contributed by atoms with E-state index in [1.807, 2.05) is 30.3 Å². The number of hydrogen-bond donors (Lipinski definition) is 5. The van der Waals surface area contributed by atoms with Crippen LogP contribution in [-0.4, -0.2) is 78.7 Å². The Kier molecular flexibility index (Phi) is 17.6. The molecule has 4 amide bonds. The molecule has 1 rings (SSSR count). The molecule has 222 valence electrons. The van der Waals surface area contributed by atoms with E-state index < -0.39 is 60.6 Å². The van der Waals surface area contributed by atoms with Crippen molar-refractivity contribution in [3.63, 3.8) is 0 Å². The van der Waals surface area contributed by atoms with Gasteiger partial charge in [-0.15, -0.1) is 0 Å². The van der Waals surface area contributed by atoms with Crippen molar-refractivity contribution in [3.05, 3.63) is 35.9 Å². The second kappa shape index (κ2) is 19.7. The van der Waals surface area contributed by atoms with E-state index in [0.717, 1.165) is 26.0 Å². The molecule has 0 radical (unpaired) electrons. The summed E-state index contributed by atoms with van der Waals surface area (Å²) in [7, 11) is 1.15. The van der Waals surface area contributed by atoms with Crippen molar-refractivity contribution in [2.75, 3.05) is 20.2 Å². The molecule has 0 aliphatic rings. The zero-order valence-corrected chi connectivity index (χ0v) is 23.6. The predicted molar refractivity (Wildman–Crippen MR) is 145 cm³/mol. The van der Waals surface area contributed by atoms with Crippen LogP contribution in [0.4, 0.5) is 0 Å². The quantitative estimate of drug-likeness (QED) is 0.184. The molecule has 1 aromatic carbocycles. The van der Waals surface area contributed by atoms with Crippen LogP contribution in [0.3, 0.4) is 0 Å². The van der Waals surface area contributed by atoms with Gasteiger partial charge in [0.05, 0.1) is 26.6 Å². The maximum Gasteiger partial charge on any atom is 0.308 e. The summed E-state index contributed by atoms with van der Waals surface area (Å²) < 4.78 is 4.51. The third kappa shape index (κ3) is 17.3. The standard InChI is InChI=1S/C25H36N4O7.C2H4O2/c1-16(2)23(25(35)26-14-19(31)12-8-11-18-9-6-5-7-10-18)29-21(32)15-27-24(34)20(28-17(3)30)13-22(33)36-4;1-2(3)4/h5-7,9-10,16,20,23H,8,11-15H2,1-4H3,(H,26,35)(H,27,34)(H,28,30)(H,29,32);1H3,(H,3,4)/t20-,23?;/m0./s1. The van der Waals surface area contributed by atoms with Gasteiger partial charge in [-0.25, -0.2) is 0 Å². The number of amides is 4. The number of aliphatic carboxylic acids is 1. The summed E-state index contributed by atoms with van der Waals surface area (Å²) in [5.74, 6) is -4.39. The molecule has 0 fully saturated rings. The summed E-state index contributed by atoms with van der Waals surface area (Å²) in [6, 6.07) is 7.65. The number of hydrogen-bond acceptors (Lipinski definition) is 8. The summed E-state index contributed by atoms with van der Waals surface area (Å²) in [4.78, 5) is 81.2. The fraction of sp³-hybridized carbons (Fsp3) is 0.519. The number of esters is 1. The Bertz CT molecular complexity index is 1010. The minimum atomic E-state index is -1.21. The molecule has 0 saturated heterocycles. The summed E-state index contributed by atoms with van der Waals surface area (Å²) in [5, 5.41) is 17.2. The van der Waals surface area contributed by atoms with E-state index in [4.69, 9.17) is 9.90 Å². The molecule has 0 spiro atoms. The molecular formula is C27H40N4O9. The molecule has 13 heteroatoms. The van der Waals surface area contributed by atoms with Crippen LogP contribution in [-0.2, 0) is 44.7 Å². The van der Waals surface area contributed by atoms with E-state index in [9.17, 15) is 28.8 Å². The lowest BCUT2D eigenvalue weighted by molar-refractivity contribution is -0.143. The predicted octanol–water partition coefficient (Wildman–Crippen LogP) is 0.110. The molecule has 0 aliphatic heterocycles. The number of carboxylic acid groups (broad SMARTS) is 1. The zero-order valence-electron chi connectivity index (χ0n) is 23.6. The number of carbonyl (C=O) groups is 7. The molecule has 13 nitrogen and oxygen atoms in total. The Morgan fingerprint density at radius 3 is 1.98 bits per heavy atom. The van der Waals surface area contributed by atoms with Gasteiger partial charge in [0.15, 0.2) is 5.78 Å². The summed E-state index contributed by atoms with van der Waals surface area (Å²) in [5.41, 5.74) is 1.14. The lowest BCUT2D eigenvalue weighted by atomic mass is 10.0. The van der Waals surface area contributed by atoms with Crippen LogP contribution in [0.2, 0.25) is 0 Å². The monoisotopic (exact) mass is 564 g/mol. The Morgan fingerprint density at radius 2 is 1.45 bits per heavy atom. The minimum absolute atomic E-state index is 0.116. The molecule has 40 heavy (non-hydrogen) atoms. The first-order valence-corrected chi connectivity index (χ1v) is 12.7. The first-order chi connectivity index (χ1) is 18.8. The van der Waals surface area contributed by atoms with Gasteiger partial charge in [-0.2, -0.15) is 0 Å². The number of ketones is 1. The smallest absolute Gasteiger partial charge is 0.308 e. The number of benzene rings is 1. The van der Waals surface area contributed by atoms with E-state index in [1.54, 1.807) is 13.8 Å². The molecule has 0 bridgehead atoms. The SMILES string of the molecule is CC(=O)O.COC(=O)C[C@H](NC(C)=O)C(=O)NCC(=O)NC(C(=O)NCC(=O)CCCc1ccccc1)C(C)C. The van der Waals surface area contributed by atoms with Crippen LogP contribution in [0.1, 0.15) is 52.5 Å². The van der Waals surface area contributed by atoms with Crippen molar-refractivity contribution in [2.24, 2.45) is 5.92 Å². The van der Waals surface area contributed by atoms with E-state index in [0.29, 0.717) is 12.8 Å². The summed E-state index contributed by atoms with van der Waals surface area (Å²) in [6.45, 7) is 5.10. The topological polar surface area (TPSA) is 197 Å². The van der Waals surface area contributed by atoms with Gasteiger partial charge in [-0.05, 0) is 24.3 Å². The molecule has 0 aliphatic carbocycles. The number of aryl methyl sites for hydroxylation is 1. The Labute approximate surface area is 233 Å². The molecule has 0 saturated carbocycles. The second-order valence-electron chi connectivity index (χ2n) is 9.16. The Morgan fingerprint density at radius 1 is 0.875 bits per heavy atom. The average Bonchev–Trinajstić information content (AvgIpc) is 2.88. The van der Waals surface area contributed by atoms with Crippen molar-refractivity contribution >= 4 is 41.4 Å². The fourth-order valence-electron chi connectivity index (χ4n) is 3.27. The molecule has 5 N–H and O–H groups in total. The second-order valence-corrected chi connectivity index (χ2v) is 9.16. The summed E-state index contributed by atoms with van der Waals surface area (Å²) in [6.07, 6.45) is 1.35. The Balaban J connectivity index is 0.00000354. The zero-order chi connectivity index (χ0) is 30.7. The molecule has 0 heterocycles. The van der Waals surface area contributed by atoms with Gasteiger partial charge >= 0.3 is 5.97 Å². The summed E-state index contributed by atoms with van der Waals surface area (Å²) >= 11 is 0. The van der Waals surface area contributed by atoms with Gasteiger partial charge in [-0.1, -0.05) is 44.2 Å². The minimum Gasteiger partial charge on any atom is -0.481 e. The normalized spacial score (nSPS) is 11.6. The van der Waals surface area contributed by atoms with Crippen LogP contribution in [0.5, 0.6) is 0 Å². The fourth-order valence-corrected chi connectivity index (χ4v) is 3.27. The van der Waals surface area contributed by atoms with Crippen molar-refractivity contribution < 1.29 is 43.4 Å². The van der Waals surface area contributed by atoms with Gasteiger partial charge in [0.2, 0.25) is 23.6 Å². The van der Waals surface area contributed by atoms with Gasteiger partial charge < -0.3 is 31.1 Å². The highest BCUT2D eigenvalue weighted by Crippen LogP contribution is 2.05. The van der Waals surface area contributed by atoms with Crippen LogP contribution in [0.25, 0.3) is 0 Å². The van der Waals surface area contributed by atoms with E-state index in [-0.39, 0.29) is 18.2 Å². The maximum absolute atomic E-state index is 12.6. The van der Waals surface area contributed by atoms with Crippen molar-refractivity contribution in [1.29, 1.82) is 0 Å². The number of carboxylic acids is 1. The maximum atomic E-state index is 12.6. The lowest BCUT2D eigenvalue weighted by Crippen LogP contribution is -2.54. The average molecular weight is 565 g/mol. The van der Waals surface area contributed by atoms with Crippen molar-refractivity contribution in [2.45, 2.75) is 65.5 Å². The van der Waals surface area contributed by atoms with Gasteiger partial charge in [0.1, 0.15) is 12.1 Å². The first kappa shape index (κ1) is 35.7. The van der Waals surface area contributed by atoms with Crippen LogP contribution in [0, 0.1) is 5.92 Å². The van der Waals surface area contributed by atoms with Gasteiger partial charge in [-0.3, -0.25) is 33.6 Å². The van der Waals surface area contributed by atoms with Crippen molar-refractivity contribution in [1.82, 2.24) is 21.3 Å². The highest BCUT2D eigenvalue weighted by Gasteiger charge is 2.26. The van der Waals surface area contributed by atoms with Crippen LogP contribution < -0.4 is 21.3 Å². The number of methoxy groups -OCH3 is 1. The van der Waals surface area contributed by atoms with Gasteiger partial charge in [0.25, 0.3) is 5.97 Å². The number of nitrogens with one attached hydrogen (secondary N) is 4. The van der Waals surface area contributed by atoms with Crippen molar-refractivity contribution in [3.8, 4) is 0 Å². The molecule has 1 unspecified atom stereocenters. The third-order valence-corrected chi connectivity index (χ3v) is 5.20. The van der Waals surface area contributed by atoms with E-state index in [2.05, 4.69) is 26.0 Å². The Hall–Kier alpha value is -4.29. The number of ether oxygens (including phenoxy) is 1. The number of Topliss-reactive ketones (excluding diaryl/α,β-unsaturated/α-hetero) is 1. The van der Waals surface area contributed by atoms with Crippen LogP contribution >= 0.6 is 0 Å². The van der Waals surface area contributed by atoms with E-state index >= 15 is 0 Å². The van der Waals surface area contributed by atoms with Gasteiger partial charge in [0, 0.05) is 20.3 Å². The highest BCUT2D eigenvalue weighted by molar-refractivity contribution is 5.94.